The molecule has 0 unspecified atom stereocenters. The van der Waals surface area contributed by atoms with E-state index < -0.39 is 18.0 Å². The van der Waals surface area contributed by atoms with Gasteiger partial charge in [0.1, 0.15) is 5.82 Å². The quantitative estimate of drug-likeness (QED) is 0.788. The lowest BCUT2D eigenvalue weighted by Gasteiger charge is -2.29. The van der Waals surface area contributed by atoms with Gasteiger partial charge < -0.3 is 15.2 Å². The summed E-state index contributed by atoms with van der Waals surface area (Å²) in [4.78, 5) is 13.8. The van der Waals surface area contributed by atoms with Crippen molar-refractivity contribution in [2.75, 3.05) is 6.54 Å². The molecule has 0 saturated heterocycles. The zero-order chi connectivity index (χ0) is 18.9. The van der Waals surface area contributed by atoms with Crippen LogP contribution in [0, 0.1) is 5.82 Å². The van der Waals surface area contributed by atoms with E-state index in [1.54, 1.807) is 12.1 Å². The number of alkyl halides is 3. The van der Waals surface area contributed by atoms with Crippen LogP contribution in [-0.4, -0.2) is 38.2 Å². The van der Waals surface area contributed by atoms with Gasteiger partial charge in [0.15, 0.2) is 5.82 Å². The molecule has 0 saturated carbocycles. The first-order valence-electron chi connectivity index (χ1n) is 8.01. The number of carbonyl (C=O) groups is 1. The van der Waals surface area contributed by atoms with Crippen LogP contribution in [0.4, 0.5) is 17.6 Å². The average Bonchev–Trinajstić information content (AvgIpc) is 2.97. The van der Waals surface area contributed by atoms with Crippen molar-refractivity contribution in [3.63, 3.8) is 0 Å². The van der Waals surface area contributed by atoms with Gasteiger partial charge in [0.25, 0.3) is 0 Å². The van der Waals surface area contributed by atoms with Gasteiger partial charge in [-0.05, 0) is 24.1 Å². The molecule has 0 spiro atoms. The molecule has 1 aromatic carbocycles. The van der Waals surface area contributed by atoms with Crippen LogP contribution in [0.2, 0.25) is 0 Å². The lowest BCUT2D eigenvalue weighted by atomic mass is 10.0. The summed E-state index contributed by atoms with van der Waals surface area (Å²) in [5.74, 6) is -1.62. The summed E-state index contributed by atoms with van der Waals surface area (Å²) < 4.78 is 52.6. The molecule has 1 aromatic heterocycles. The topological polar surface area (TPSA) is 77.0 Å². The predicted molar refractivity (Wildman–Crippen MR) is 90.4 cm³/mol. The normalized spacial score (nSPS) is 15.1. The zero-order valence-corrected chi connectivity index (χ0v) is 14.9. The van der Waals surface area contributed by atoms with Crippen LogP contribution >= 0.6 is 12.4 Å². The molecule has 1 atom stereocenters. The number of nitrogens with zero attached hydrogens (tertiary/aromatic N) is 4. The van der Waals surface area contributed by atoms with Gasteiger partial charge in [-0.2, -0.15) is 13.2 Å². The molecule has 1 amide bonds. The van der Waals surface area contributed by atoms with E-state index in [4.69, 9.17) is 5.73 Å². The lowest BCUT2D eigenvalue weighted by molar-refractivity contribution is -0.148. The van der Waals surface area contributed by atoms with E-state index in [9.17, 15) is 22.4 Å². The Hall–Kier alpha value is -2.20. The molecule has 27 heavy (non-hydrogen) atoms. The minimum absolute atomic E-state index is 0. The van der Waals surface area contributed by atoms with Crippen LogP contribution < -0.4 is 5.73 Å². The molecule has 3 rings (SSSR count). The fourth-order valence-electron chi connectivity index (χ4n) is 2.97. The third kappa shape index (κ3) is 4.95. The van der Waals surface area contributed by atoms with Crippen LogP contribution in [0.1, 0.15) is 23.6 Å². The number of aromatic nitrogens is 3. The molecular formula is C16H18ClF4N5O. The highest BCUT2D eigenvalue weighted by atomic mass is 35.5. The lowest BCUT2D eigenvalue weighted by Crippen LogP contribution is -2.42. The molecular weight excluding hydrogens is 390 g/mol. The second kappa shape index (κ2) is 8.22. The van der Waals surface area contributed by atoms with Crippen molar-refractivity contribution in [1.82, 2.24) is 19.7 Å². The monoisotopic (exact) mass is 407 g/mol. The number of rotatable bonds is 4. The molecule has 2 heterocycles. The summed E-state index contributed by atoms with van der Waals surface area (Å²) in [6.07, 6.45) is -4.24. The molecule has 11 heteroatoms. The van der Waals surface area contributed by atoms with Crippen LogP contribution in [-0.2, 0) is 30.5 Å². The van der Waals surface area contributed by atoms with Gasteiger partial charge in [-0.25, -0.2) is 4.39 Å². The molecule has 0 bridgehead atoms. The number of halogens is 5. The first-order valence-corrected chi connectivity index (χ1v) is 8.01. The summed E-state index contributed by atoms with van der Waals surface area (Å²) in [6, 6.07) is 5.44. The maximum Gasteiger partial charge on any atom is 0.451 e. The predicted octanol–water partition coefficient (Wildman–Crippen LogP) is 2.16. The van der Waals surface area contributed by atoms with Crippen LogP contribution in [0.25, 0.3) is 0 Å². The molecule has 148 valence electrons. The minimum Gasteiger partial charge on any atom is -0.333 e. The standard InChI is InChI=1S/C16H17F4N5O.ClH/c17-11-3-1-2-10(6-11)7-12(21)8-14(26)24-4-5-25-13(9-24)22-23-15(25)16(18,19)20;/h1-3,6,12H,4-5,7-9,21H2;1H/t12-;/m1./s1. The summed E-state index contributed by atoms with van der Waals surface area (Å²) in [6.45, 7) is 0.0519. The number of nitrogens with two attached hydrogens (primary N) is 1. The molecule has 1 aliphatic rings. The Morgan fingerprint density at radius 3 is 2.67 bits per heavy atom. The molecule has 2 aromatic rings. The molecule has 0 aliphatic carbocycles. The van der Waals surface area contributed by atoms with Crippen molar-refractivity contribution < 1.29 is 22.4 Å². The van der Waals surface area contributed by atoms with E-state index in [0.717, 1.165) is 4.57 Å². The summed E-state index contributed by atoms with van der Waals surface area (Å²) in [5, 5.41) is 6.72. The zero-order valence-electron chi connectivity index (χ0n) is 14.1. The average molecular weight is 408 g/mol. The van der Waals surface area contributed by atoms with Gasteiger partial charge in [-0.3, -0.25) is 4.79 Å². The van der Waals surface area contributed by atoms with E-state index in [1.807, 2.05) is 0 Å². The van der Waals surface area contributed by atoms with Crippen LogP contribution in [0.5, 0.6) is 0 Å². The van der Waals surface area contributed by atoms with E-state index in [-0.39, 0.29) is 56.0 Å². The Balaban J connectivity index is 0.00000261. The van der Waals surface area contributed by atoms with E-state index in [1.165, 1.54) is 17.0 Å². The number of hydrogen-bond acceptors (Lipinski definition) is 4. The van der Waals surface area contributed by atoms with Gasteiger partial charge in [0.05, 0.1) is 6.54 Å². The Labute approximate surface area is 158 Å². The van der Waals surface area contributed by atoms with Gasteiger partial charge in [0, 0.05) is 25.6 Å². The Morgan fingerprint density at radius 2 is 2.00 bits per heavy atom. The Morgan fingerprint density at radius 1 is 1.26 bits per heavy atom. The SMILES string of the molecule is Cl.N[C@@H](CC(=O)N1CCn2c(nnc2C(F)(F)F)C1)Cc1cccc(F)c1. The van der Waals surface area contributed by atoms with Gasteiger partial charge in [-0.1, -0.05) is 12.1 Å². The molecule has 0 radical (unpaired) electrons. The van der Waals surface area contributed by atoms with Crippen LogP contribution in [0.3, 0.4) is 0 Å². The highest BCUT2D eigenvalue weighted by molar-refractivity contribution is 5.85. The number of carbonyl (C=O) groups excluding carboxylic acids is 1. The highest BCUT2D eigenvalue weighted by Gasteiger charge is 2.39. The maximum absolute atomic E-state index is 13.2. The second-order valence-electron chi connectivity index (χ2n) is 6.20. The van der Waals surface area contributed by atoms with Crippen molar-refractivity contribution >= 4 is 18.3 Å². The van der Waals surface area contributed by atoms with Gasteiger partial charge >= 0.3 is 6.18 Å². The van der Waals surface area contributed by atoms with Crippen molar-refractivity contribution in [2.45, 2.75) is 38.1 Å². The van der Waals surface area contributed by atoms with Crippen molar-refractivity contribution in [3.05, 3.63) is 47.3 Å². The number of amides is 1. The summed E-state index contributed by atoms with van der Waals surface area (Å²) in [5.41, 5.74) is 6.65. The van der Waals surface area contributed by atoms with E-state index >= 15 is 0 Å². The van der Waals surface area contributed by atoms with Crippen molar-refractivity contribution in [1.29, 1.82) is 0 Å². The molecule has 1 aliphatic heterocycles. The second-order valence-corrected chi connectivity index (χ2v) is 6.20. The number of hydrogen-bond donors (Lipinski definition) is 1. The molecule has 6 nitrogen and oxygen atoms in total. The van der Waals surface area contributed by atoms with Crippen molar-refractivity contribution in [2.24, 2.45) is 5.73 Å². The fourth-order valence-corrected chi connectivity index (χ4v) is 2.97. The van der Waals surface area contributed by atoms with E-state index in [2.05, 4.69) is 10.2 Å². The van der Waals surface area contributed by atoms with E-state index in [0.29, 0.717) is 12.0 Å². The Bertz CT molecular complexity index is 810. The van der Waals surface area contributed by atoms with Gasteiger partial charge in [0.2, 0.25) is 11.7 Å². The smallest absolute Gasteiger partial charge is 0.333 e. The first kappa shape index (κ1) is 21.1. The summed E-state index contributed by atoms with van der Waals surface area (Å²) in [7, 11) is 0. The fraction of sp³-hybridized carbons (Fsp3) is 0.438. The molecule has 2 N–H and O–H groups in total. The third-order valence-electron chi connectivity index (χ3n) is 4.18. The Kier molecular flexibility index (Phi) is 6.42. The highest BCUT2D eigenvalue weighted by Crippen LogP contribution is 2.29. The largest absolute Gasteiger partial charge is 0.451 e. The molecule has 0 fully saturated rings. The van der Waals surface area contributed by atoms with Crippen molar-refractivity contribution in [3.8, 4) is 0 Å². The van der Waals surface area contributed by atoms with Crippen LogP contribution in [0.15, 0.2) is 24.3 Å². The maximum atomic E-state index is 13.2. The minimum atomic E-state index is -4.58. The number of benzene rings is 1. The summed E-state index contributed by atoms with van der Waals surface area (Å²) >= 11 is 0. The number of fused-ring (bicyclic) bond motifs is 1. The first-order chi connectivity index (χ1) is 12.2. The third-order valence-corrected chi connectivity index (χ3v) is 4.18. The van der Waals surface area contributed by atoms with Gasteiger partial charge in [-0.15, -0.1) is 22.6 Å².